The van der Waals surface area contributed by atoms with Crippen molar-refractivity contribution in [1.82, 2.24) is 0 Å². The van der Waals surface area contributed by atoms with Crippen LogP contribution in [0, 0.1) is 0 Å². The molecule has 0 atom stereocenters. The molecule has 8 aromatic carbocycles. The first-order valence-electron chi connectivity index (χ1n) is 42.4. The number of pyridine rings is 4. The third-order valence-electron chi connectivity index (χ3n) is 20.4. The monoisotopic (exact) mass is 1700 g/mol. The maximum absolute atomic E-state index is 6.15. The summed E-state index contributed by atoms with van der Waals surface area (Å²) in [5.74, 6) is 5.84. The Labute approximate surface area is 731 Å². The second-order valence-corrected chi connectivity index (χ2v) is 29.4. The van der Waals surface area contributed by atoms with Gasteiger partial charge in [0.15, 0.2) is 122 Å². The molecule has 28 nitrogen and oxygen atoms in total. The van der Waals surface area contributed by atoms with Gasteiger partial charge in [0.2, 0.25) is 23.0 Å². The summed E-state index contributed by atoms with van der Waals surface area (Å²) in [6.07, 6.45) is 16.6. The minimum absolute atomic E-state index is 0.267. The van der Waals surface area contributed by atoms with E-state index >= 15 is 0 Å². The lowest BCUT2D eigenvalue weighted by atomic mass is 9.65. The highest BCUT2D eigenvalue weighted by atomic mass is 16.6. The van der Waals surface area contributed by atoms with Crippen LogP contribution in [0.15, 0.2) is 244 Å². The summed E-state index contributed by atoms with van der Waals surface area (Å²) < 4.78 is 82.2. The van der Waals surface area contributed by atoms with Crippen molar-refractivity contribution >= 4 is 0 Å². The zero-order chi connectivity index (χ0) is 87.5. The molecular formula is C97H120N16O12+4. The molecular weight excluding hydrogens is 1580 g/mol. The molecule has 125 heavy (non-hydrogen) atoms. The van der Waals surface area contributed by atoms with Gasteiger partial charge in [0.05, 0.1) is 5.41 Å². The number of ether oxygens (including phenoxy) is 12. The highest BCUT2D eigenvalue weighted by molar-refractivity contribution is 5.74. The topological polar surface area (TPSA) is 439 Å². The molecule has 24 N–H and O–H groups in total. The molecule has 4 heterocycles. The van der Waals surface area contributed by atoms with Gasteiger partial charge in [0.1, 0.15) is 79.3 Å². The van der Waals surface area contributed by atoms with E-state index in [-0.39, 0.29) is 79.3 Å². The van der Waals surface area contributed by atoms with E-state index in [0.29, 0.717) is 174 Å². The number of nitrogens with two attached hydrogens (primary N) is 12. The summed E-state index contributed by atoms with van der Waals surface area (Å²) in [6.45, 7) is 9.30. The molecule has 0 aliphatic carbocycles. The number of nitrogens with zero attached hydrogens (tertiary/aromatic N) is 4. The number of hydrogen-bond donors (Lipinski definition) is 12. The summed E-state index contributed by atoms with van der Waals surface area (Å²) >= 11 is 0. The van der Waals surface area contributed by atoms with E-state index in [1.165, 1.54) is 0 Å². The first kappa shape index (κ1) is 91.7. The molecule has 0 bridgehead atoms. The van der Waals surface area contributed by atoms with Gasteiger partial charge in [0, 0.05) is 149 Å². The van der Waals surface area contributed by atoms with Crippen molar-refractivity contribution in [2.75, 3.05) is 158 Å². The van der Waals surface area contributed by atoms with Crippen molar-refractivity contribution in [2.45, 2.75) is 31.6 Å². The van der Waals surface area contributed by atoms with Gasteiger partial charge in [-0.1, -0.05) is 97.1 Å². The minimum Gasteiger partial charge on any atom is -0.488 e. The molecule has 12 aromatic rings. The second-order valence-electron chi connectivity index (χ2n) is 29.4. The van der Waals surface area contributed by atoms with Crippen LogP contribution in [0.2, 0.25) is 0 Å². The lowest BCUT2D eigenvalue weighted by Crippen LogP contribution is -2.35. The van der Waals surface area contributed by atoms with Gasteiger partial charge in [-0.15, -0.1) is 0 Å². The highest BCUT2D eigenvalue weighted by Crippen LogP contribution is 2.49. The van der Waals surface area contributed by atoms with Gasteiger partial charge in [-0.05, 0) is 115 Å². The van der Waals surface area contributed by atoms with Crippen molar-refractivity contribution in [1.29, 1.82) is 0 Å². The SMILES string of the molecule is NCCOc1cc(-c2cc[n+](Cc3ccc(C(c4ccc(C[n+]5ccc(-c6cc(OCCN)c(OCCN)c(OCCN)c6)cc5)cc4)(c4ccc(C[n+]5ccc(-c6cc(OCCN)c(OCCN)c(OCCN)c6)cc5)cc4)c4ccc(C[n+]5ccc(-c6cc(OCCN)c(OCCN)c(OCCN)c6)cc5)cc4)cc3)cc2)cc(OCCN)c1OCCN. The summed E-state index contributed by atoms with van der Waals surface area (Å²) in [5, 5.41) is 0. The second kappa shape index (κ2) is 47.4. The third kappa shape index (κ3) is 24.1. The average molecular weight is 1700 g/mol. The summed E-state index contributed by atoms with van der Waals surface area (Å²) in [7, 11) is 0. The van der Waals surface area contributed by atoms with Gasteiger partial charge in [-0.3, -0.25) is 0 Å². The molecule has 656 valence electrons. The van der Waals surface area contributed by atoms with Crippen LogP contribution < -0.4 is 144 Å². The van der Waals surface area contributed by atoms with Crippen LogP contribution >= 0.6 is 0 Å². The first-order chi connectivity index (χ1) is 61.4. The van der Waals surface area contributed by atoms with Crippen molar-refractivity contribution in [3.63, 3.8) is 0 Å². The number of hydrogen-bond acceptors (Lipinski definition) is 24. The molecule has 4 aromatic heterocycles. The highest BCUT2D eigenvalue weighted by Gasteiger charge is 2.39. The lowest BCUT2D eigenvalue weighted by Gasteiger charge is -2.37. The molecule has 0 spiro atoms. The third-order valence-corrected chi connectivity index (χ3v) is 20.4. The zero-order valence-electron chi connectivity index (χ0n) is 71.0. The summed E-state index contributed by atoms with van der Waals surface area (Å²) in [4.78, 5) is 0. The predicted octanol–water partition coefficient (Wildman–Crippen LogP) is 6.13. The van der Waals surface area contributed by atoms with Gasteiger partial charge >= 0.3 is 0 Å². The van der Waals surface area contributed by atoms with Crippen LogP contribution in [0.4, 0.5) is 0 Å². The quantitative estimate of drug-likeness (QED) is 0.0151. The Hall–Kier alpha value is -12.5. The fraction of sp³-hybridized carbons (Fsp3) is 0.299. The van der Waals surface area contributed by atoms with Crippen LogP contribution in [-0.2, 0) is 31.6 Å². The molecule has 0 saturated carbocycles. The molecule has 0 saturated heterocycles. The molecule has 0 aliphatic heterocycles. The minimum atomic E-state index is -0.898. The van der Waals surface area contributed by atoms with Crippen molar-refractivity contribution in [2.24, 2.45) is 68.8 Å². The molecule has 0 unspecified atom stereocenters. The first-order valence-corrected chi connectivity index (χ1v) is 42.4. The molecule has 0 aliphatic rings. The van der Waals surface area contributed by atoms with Gasteiger partial charge < -0.3 is 126 Å². The normalized spacial score (nSPS) is 11.3. The predicted molar refractivity (Wildman–Crippen MR) is 484 cm³/mol. The smallest absolute Gasteiger partial charge is 0.203 e. The maximum atomic E-state index is 6.15. The maximum Gasteiger partial charge on any atom is 0.203 e. The van der Waals surface area contributed by atoms with Crippen LogP contribution in [0.25, 0.3) is 44.5 Å². The van der Waals surface area contributed by atoms with Crippen LogP contribution in [-0.4, -0.2) is 158 Å². The standard InChI is InChI=1S/C97H120N16O12/c98-25-45-114-85-57-77(58-86(115-46-26-99)93(85)122-53-33-106)73-17-37-110(38-18-73)65-69-1-9-81(10-2-69)97(82-11-3-70(4-12-82)66-111-39-19-74(20-40-111)78-59-87(116-47-27-100)94(123-54-34-107)88(60-78)117-48-28-101,83-13-5-71(6-14-83)67-112-41-21-75(22-42-112)79-61-89(118-49-29-102)95(124-55-35-108)90(62-79)119-50-30-103)84-15-7-72(8-16-84)68-113-43-23-76(24-44-113)80-63-91(120-51-31-104)96(125-56-36-109)92(64-80)121-52-32-105/h1-24,37-44,57-64H,25-36,45-56,65-68,98-109H2/q+4. The number of rotatable bonds is 52. The van der Waals surface area contributed by atoms with E-state index in [4.69, 9.17) is 126 Å². The Morgan fingerprint density at radius 2 is 0.320 bits per heavy atom. The summed E-state index contributed by atoms with van der Waals surface area (Å²) in [6, 6.07) is 68.2. The number of benzene rings is 8. The molecule has 0 radical (unpaired) electrons. The van der Waals surface area contributed by atoms with E-state index in [1.807, 2.05) is 48.5 Å². The van der Waals surface area contributed by atoms with E-state index in [9.17, 15) is 0 Å². The Balaban J connectivity index is 0.928. The Morgan fingerprint density at radius 3 is 0.464 bits per heavy atom. The van der Waals surface area contributed by atoms with Crippen molar-refractivity contribution in [3.05, 3.63) is 288 Å². The zero-order valence-corrected chi connectivity index (χ0v) is 71.0. The fourth-order valence-corrected chi connectivity index (χ4v) is 14.7. The number of aromatic nitrogens is 4. The van der Waals surface area contributed by atoms with E-state index < -0.39 is 5.41 Å². The fourth-order valence-electron chi connectivity index (χ4n) is 14.7. The largest absolute Gasteiger partial charge is 0.488 e. The van der Waals surface area contributed by atoms with Gasteiger partial charge in [-0.25, -0.2) is 18.3 Å². The Morgan fingerprint density at radius 1 is 0.176 bits per heavy atom. The van der Waals surface area contributed by atoms with E-state index in [1.54, 1.807) is 0 Å². The van der Waals surface area contributed by atoms with Crippen LogP contribution in [0.5, 0.6) is 69.0 Å². The van der Waals surface area contributed by atoms with Gasteiger partial charge in [-0.2, -0.15) is 0 Å². The Kier molecular flexibility index (Phi) is 34.7. The van der Waals surface area contributed by atoms with Crippen molar-refractivity contribution < 1.29 is 75.1 Å². The molecule has 0 fully saturated rings. The van der Waals surface area contributed by atoms with E-state index in [2.05, 4.69) is 213 Å². The lowest BCUT2D eigenvalue weighted by molar-refractivity contribution is -0.688. The molecule has 0 amide bonds. The van der Waals surface area contributed by atoms with Crippen LogP contribution in [0.1, 0.15) is 44.5 Å². The Bertz CT molecular complexity index is 4540. The van der Waals surface area contributed by atoms with E-state index in [0.717, 1.165) is 89.0 Å². The van der Waals surface area contributed by atoms with Crippen LogP contribution in [0.3, 0.4) is 0 Å². The van der Waals surface area contributed by atoms with Gasteiger partial charge in [0.25, 0.3) is 0 Å². The summed E-state index contributed by atoms with van der Waals surface area (Å²) in [5.41, 5.74) is 85.8. The molecule has 28 heteroatoms. The average Bonchev–Trinajstić information content (AvgIpc) is 0.728. The molecule has 12 rings (SSSR count). The van der Waals surface area contributed by atoms with Crippen molar-refractivity contribution in [3.8, 4) is 114 Å².